The van der Waals surface area contributed by atoms with Crippen molar-refractivity contribution in [2.75, 3.05) is 19.5 Å². The third-order valence-corrected chi connectivity index (χ3v) is 4.55. The van der Waals surface area contributed by atoms with Crippen LogP contribution in [0.1, 0.15) is 19.3 Å². The van der Waals surface area contributed by atoms with Crippen LogP contribution in [0.25, 0.3) is 0 Å². The lowest BCUT2D eigenvalue weighted by Gasteiger charge is -2.23. The van der Waals surface area contributed by atoms with Crippen LogP contribution in [0.2, 0.25) is 0 Å². The maximum atomic E-state index is 11.2. The van der Waals surface area contributed by atoms with Crippen molar-refractivity contribution in [3.63, 3.8) is 0 Å². The number of aliphatic hydroxyl groups is 2. The van der Waals surface area contributed by atoms with E-state index in [1.807, 2.05) is 0 Å². The van der Waals surface area contributed by atoms with Crippen LogP contribution in [0, 0.1) is 5.41 Å². The fraction of sp³-hybridized carbons (Fsp3) is 1.00. The van der Waals surface area contributed by atoms with Crippen molar-refractivity contribution in [2.24, 2.45) is 5.41 Å². The van der Waals surface area contributed by atoms with Gasteiger partial charge in [0.2, 0.25) is 0 Å². The predicted molar refractivity (Wildman–Crippen MR) is 49.1 cm³/mol. The summed E-state index contributed by atoms with van der Waals surface area (Å²) in [5, 5.41) is 17.7. The average Bonchev–Trinajstić information content (AvgIpc) is 2.48. The van der Waals surface area contributed by atoms with E-state index in [2.05, 4.69) is 0 Å². The van der Waals surface area contributed by atoms with E-state index in [1.165, 1.54) is 6.26 Å². The Balaban J connectivity index is 2.73. The standard InChI is InChI=1S/C8H16O4S/c1-13(11,12)7-2-3-8(4-7,5-9)6-10/h7,9-10H,2-6H2,1H3. The second kappa shape index (κ2) is 3.55. The molecule has 0 saturated heterocycles. The zero-order chi connectivity index (χ0) is 10.1. The van der Waals surface area contributed by atoms with Crippen LogP contribution in [-0.4, -0.2) is 43.4 Å². The Morgan fingerprint density at radius 2 is 1.92 bits per heavy atom. The third-order valence-electron chi connectivity index (χ3n) is 2.93. The summed E-state index contributed by atoms with van der Waals surface area (Å²) in [6.45, 7) is -0.259. The molecule has 4 nitrogen and oxygen atoms in total. The molecule has 1 saturated carbocycles. The van der Waals surface area contributed by atoms with E-state index in [-0.39, 0.29) is 18.5 Å². The fourth-order valence-electron chi connectivity index (χ4n) is 1.86. The minimum absolute atomic E-state index is 0.129. The van der Waals surface area contributed by atoms with Gasteiger partial charge in [-0.2, -0.15) is 0 Å². The van der Waals surface area contributed by atoms with Gasteiger partial charge in [-0.15, -0.1) is 0 Å². The molecule has 1 fully saturated rings. The summed E-state index contributed by atoms with van der Waals surface area (Å²) in [4.78, 5) is 0. The Hall–Kier alpha value is -0.130. The monoisotopic (exact) mass is 208 g/mol. The number of hydrogen-bond donors (Lipinski definition) is 2. The van der Waals surface area contributed by atoms with Gasteiger partial charge in [0.1, 0.15) is 9.84 Å². The lowest BCUT2D eigenvalue weighted by molar-refractivity contribution is 0.0608. The Morgan fingerprint density at radius 3 is 2.15 bits per heavy atom. The molecular weight excluding hydrogens is 192 g/mol. The van der Waals surface area contributed by atoms with Gasteiger partial charge in [-0.05, 0) is 19.3 Å². The Morgan fingerprint density at radius 1 is 1.38 bits per heavy atom. The number of rotatable bonds is 3. The van der Waals surface area contributed by atoms with Gasteiger partial charge in [0.05, 0.1) is 18.5 Å². The molecule has 1 atom stereocenters. The Bertz CT molecular complexity index is 266. The van der Waals surface area contributed by atoms with Crippen LogP contribution in [0.15, 0.2) is 0 Å². The number of sulfone groups is 1. The number of hydrogen-bond acceptors (Lipinski definition) is 4. The normalized spacial score (nSPS) is 27.8. The van der Waals surface area contributed by atoms with E-state index in [9.17, 15) is 8.42 Å². The summed E-state index contributed by atoms with van der Waals surface area (Å²) >= 11 is 0. The largest absolute Gasteiger partial charge is 0.396 e. The minimum atomic E-state index is -3.02. The summed E-state index contributed by atoms with van der Waals surface area (Å²) in [6.07, 6.45) is 2.75. The van der Waals surface area contributed by atoms with Crippen molar-refractivity contribution in [3.05, 3.63) is 0 Å². The van der Waals surface area contributed by atoms with Gasteiger partial charge in [0.15, 0.2) is 0 Å². The zero-order valence-electron chi connectivity index (χ0n) is 7.73. The second-order valence-electron chi connectivity index (χ2n) is 4.01. The molecule has 1 unspecified atom stereocenters. The van der Waals surface area contributed by atoms with E-state index in [1.54, 1.807) is 0 Å². The molecule has 2 N–H and O–H groups in total. The van der Waals surface area contributed by atoms with Crippen LogP contribution in [0.5, 0.6) is 0 Å². The molecule has 0 aromatic heterocycles. The molecule has 0 amide bonds. The molecule has 0 aliphatic heterocycles. The summed E-state index contributed by atoms with van der Waals surface area (Å²) < 4.78 is 22.4. The molecule has 0 aromatic rings. The highest BCUT2D eigenvalue weighted by atomic mass is 32.2. The Labute approximate surface area is 78.5 Å². The van der Waals surface area contributed by atoms with E-state index >= 15 is 0 Å². The smallest absolute Gasteiger partial charge is 0.150 e. The second-order valence-corrected chi connectivity index (χ2v) is 6.34. The van der Waals surface area contributed by atoms with E-state index in [0.717, 1.165) is 0 Å². The average molecular weight is 208 g/mol. The fourth-order valence-corrected chi connectivity index (χ4v) is 3.06. The first-order chi connectivity index (χ1) is 5.93. The van der Waals surface area contributed by atoms with Crippen LogP contribution in [-0.2, 0) is 9.84 Å². The lowest BCUT2D eigenvalue weighted by Crippen LogP contribution is -2.28. The topological polar surface area (TPSA) is 74.6 Å². The first-order valence-corrected chi connectivity index (χ1v) is 6.30. The summed E-state index contributed by atoms with van der Waals surface area (Å²) in [6, 6.07) is 0. The van der Waals surface area contributed by atoms with Gasteiger partial charge in [0.25, 0.3) is 0 Å². The SMILES string of the molecule is CS(=O)(=O)C1CCC(CO)(CO)C1. The summed E-state index contributed by atoms with van der Waals surface area (Å²) in [5.41, 5.74) is -0.562. The predicted octanol–water partition coefficient (Wildman–Crippen LogP) is -0.446. The molecule has 1 rings (SSSR count). The maximum Gasteiger partial charge on any atom is 0.150 e. The maximum absolute atomic E-state index is 11.2. The third kappa shape index (κ3) is 2.21. The molecule has 0 heterocycles. The van der Waals surface area contributed by atoms with Crippen molar-refractivity contribution in [1.82, 2.24) is 0 Å². The van der Waals surface area contributed by atoms with Crippen molar-refractivity contribution in [1.29, 1.82) is 0 Å². The zero-order valence-corrected chi connectivity index (χ0v) is 8.55. The highest BCUT2D eigenvalue weighted by Gasteiger charge is 2.42. The molecule has 0 spiro atoms. The van der Waals surface area contributed by atoms with Crippen molar-refractivity contribution in [2.45, 2.75) is 24.5 Å². The minimum Gasteiger partial charge on any atom is -0.396 e. The molecule has 1 aliphatic carbocycles. The highest BCUT2D eigenvalue weighted by molar-refractivity contribution is 7.91. The molecule has 0 bridgehead atoms. The van der Waals surface area contributed by atoms with Crippen LogP contribution >= 0.6 is 0 Å². The van der Waals surface area contributed by atoms with Crippen molar-refractivity contribution >= 4 is 9.84 Å². The van der Waals surface area contributed by atoms with Crippen molar-refractivity contribution in [3.8, 4) is 0 Å². The molecular formula is C8H16O4S. The van der Waals surface area contributed by atoms with E-state index in [0.29, 0.717) is 19.3 Å². The van der Waals surface area contributed by atoms with Gasteiger partial charge >= 0.3 is 0 Å². The van der Waals surface area contributed by atoms with Gasteiger partial charge in [-0.3, -0.25) is 0 Å². The number of aliphatic hydroxyl groups excluding tert-OH is 2. The van der Waals surface area contributed by atoms with Crippen LogP contribution < -0.4 is 0 Å². The van der Waals surface area contributed by atoms with Crippen LogP contribution in [0.3, 0.4) is 0 Å². The highest BCUT2D eigenvalue weighted by Crippen LogP contribution is 2.40. The Kier molecular flexibility index (Phi) is 2.99. The molecule has 78 valence electrons. The van der Waals surface area contributed by atoms with Gasteiger partial charge in [0, 0.05) is 11.7 Å². The van der Waals surface area contributed by atoms with Crippen LogP contribution in [0.4, 0.5) is 0 Å². The van der Waals surface area contributed by atoms with Gasteiger partial charge in [-0.25, -0.2) is 8.42 Å². The van der Waals surface area contributed by atoms with Gasteiger partial charge < -0.3 is 10.2 Å². The van der Waals surface area contributed by atoms with Crippen molar-refractivity contribution < 1.29 is 18.6 Å². The first kappa shape index (κ1) is 10.9. The summed E-state index contributed by atoms with van der Waals surface area (Å²) in [7, 11) is -3.02. The molecule has 0 radical (unpaired) electrons. The molecule has 5 heteroatoms. The summed E-state index contributed by atoms with van der Waals surface area (Å²) in [5.74, 6) is 0. The van der Waals surface area contributed by atoms with E-state index in [4.69, 9.17) is 10.2 Å². The molecule has 1 aliphatic rings. The quantitative estimate of drug-likeness (QED) is 0.659. The molecule has 0 aromatic carbocycles. The lowest BCUT2D eigenvalue weighted by atomic mass is 9.89. The molecule has 13 heavy (non-hydrogen) atoms. The first-order valence-electron chi connectivity index (χ1n) is 4.34. The van der Waals surface area contributed by atoms with Gasteiger partial charge in [-0.1, -0.05) is 0 Å². The van der Waals surface area contributed by atoms with E-state index < -0.39 is 15.3 Å².